The monoisotopic (exact) mass is 229 g/mol. The topological polar surface area (TPSA) is 29.5 Å². The standard InChI is InChI=1S/C14H15NO2/c1-2-7-15-8-10-9-17-12-6-4-3-5-11(12)13(10)14(15)16/h3-6H,2,7-9H2,1H3. The molecule has 3 heteroatoms. The predicted octanol–water partition coefficient (Wildman–Crippen LogP) is 2.08. The van der Waals surface area contributed by atoms with Crippen LogP contribution in [0.25, 0.3) is 5.57 Å². The Labute approximate surface area is 101 Å². The summed E-state index contributed by atoms with van der Waals surface area (Å²) >= 11 is 0. The molecule has 0 aliphatic carbocycles. The summed E-state index contributed by atoms with van der Waals surface area (Å²) in [5.41, 5.74) is 2.96. The van der Waals surface area contributed by atoms with E-state index in [2.05, 4.69) is 6.92 Å². The minimum atomic E-state index is 0.164. The number of hydrogen-bond acceptors (Lipinski definition) is 2. The summed E-state index contributed by atoms with van der Waals surface area (Å²) < 4.78 is 5.68. The lowest BCUT2D eigenvalue weighted by atomic mass is 9.99. The molecule has 3 nitrogen and oxygen atoms in total. The Hall–Kier alpha value is -1.77. The van der Waals surface area contributed by atoms with Gasteiger partial charge in [0, 0.05) is 18.7 Å². The van der Waals surface area contributed by atoms with Crippen molar-refractivity contribution in [2.75, 3.05) is 19.7 Å². The van der Waals surface area contributed by atoms with Crippen LogP contribution in [0.3, 0.4) is 0 Å². The first-order valence-electron chi connectivity index (χ1n) is 6.04. The lowest BCUT2D eigenvalue weighted by Gasteiger charge is -2.17. The van der Waals surface area contributed by atoms with Gasteiger partial charge in [-0.3, -0.25) is 4.79 Å². The molecule has 0 spiro atoms. The Morgan fingerprint density at radius 3 is 3.00 bits per heavy atom. The number of hydrogen-bond donors (Lipinski definition) is 0. The molecule has 0 atom stereocenters. The molecule has 0 unspecified atom stereocenters. The summed E-state index contributed by atoms with van der Waals surface area (Å²) in [5, 5.41) is 0. The highest BCUT2D eigenvalue weighted by Gasteiger charge is 2.34. The molecule has 0 saturated carbocycles. The average molecular weight is 229 g/mol. The van der Waals surface area contributed by atoms with E-state index in [0.29, 0.717) is 6.61 Å². The van der Waals surface area contributed by atoms with Crippen LogP contribution in [0.15, 0.2) is 29.8 Å². The molecular formula is C14H15NO2. The third-order valence-electron chi connectivity index (χ3n) is 3.29. The van der Waals surface area contributed by atoms with Crippen molar-refractivity contribution in [2.45, 2.75) is 13.3 Å². The van der Waals surface area contributed by atoms with Gasteiger partial charge in [0.2, 0.25) is 0 Å². The van der Waals surface area contributed by atoms with Crippen LogP contribution in [0.2, 0.25) is 0 Å². The van der Waals surface area contributed by atoms with Crippen molar-refractivity contribution in [3.05, 3.63) is 35.4 Å². The largest absolute Gasteiger partial charge is 0.488 e. The Bertz CT molecular complexity index is 505. The van der Waals surface area contributed by atoms with Crippen LogP contribution in [-0.4, -0.2) is 30.5 Å². The summed E-state index contributed by atoms with van der Waals surface area (Å²) in [6.45, 7) is 4.21. The maximum absolute atomic E-state index is 12.3. The fourth-order valence-corrected chi connectivity index (χ4v) is 2.53. The van der Waals surface area contributed by atoms with E-state index < -0.39 is 0 Å². The minimum Gasteiger partial charge on any atom is -0.488 e. The third-order valence-corrected chi connectivity index (χ3v) is 3.29. The molecular weight excluding hydrogens is 214 g/mol. The highest BCUT2D eigenvalue weighted by molar-refractivity contribution is 6.23. The Morgan fingerprint density at radius 1 is 1.35 bits per heavy atom. The second-order valence-electron chi connectivity index (χ2n) is 4.49. The summed E-state index contributed by atoms with van der Waals surface area (Å²) in [5.74, 6) is 0.996. The van der Waals surface area contributed by atoms with Crippen LogP contribution in [0.1, 0.15) is 18.9 Å². The van der Waals surface area contributed by atoms with Gasteiger partial charge in [0.15, 0.2) is 0 Å². The first-order chi connectivity index (χ1) is 8.31. The van der Waals surface area contributed by atoms with Gasteiger partial charge in [-0.2, -0.15) is 0 Å². The second-order valence-corrected chi connectivity index (χ2v) is 4.49. The van der Waals surface area contributed by atoms with Gasteiger partial charge in [0.05, 0.1) is 5.57 Å². The second kappa shape index (κ2) is 3.91. The van der Waals surface area contributed by atoms with Gasteiger partial charge in [0.25, 0.3) is 5.91 Å². The highest BCUT2D eigenvalue weighted by atomic mass is 16.5. The minimum absolute atomic E-state index is 0.164. The van der Waals surface area contributed by atoms with Crippen molar-refractivity contribution in [3.63, 3.8) is 0 Å². The van der Waals surface area contributed by atoms with E-state index in [1.807, 2.05) is 29.2 Å². The van der Waals surface area contributed by atoms with E-state index in [1.165, 1.54) is 0 Å². The lowest BCUT2D eigenvalue weighted by Crippen LogP contribution is -2.27. The number of benzene rings is 1. The van der Waals surface area contributed by atoms with Gasteiger partial charge < -0.3 is 9.64 Å². The van der Waals surface area contributed by atoms with Crippen molar-refractivity contribution >= 4 is 11.5 Å². The molecule has 3 rings (SSSR count). The summed E-state index contributed by atoms with van der Waals surface area (Å²) in [7, 11) is 0. The van der Waals surface area contributed by atoms with Crippen molar-refractivity contribution in [1.29, 1.82) is 0 Å². The van der Waals surface area contributed by atoms with E-state index in [0.717, 1.165) is 42.0 Å². The molecule has 1 amide bonds. The molecule has 0 fully saturated rings. The molecule has 0 radical (unpaired) electrons. The van der Waals surface area contributed by atoms with Crippen LogP contribution in [0.4, 0.5) is 0 Å². The normalized spacial score (nSPS) is 17.9. The predicted molar refractivity (Wildman–Crippen MR) is 65.7 cm³/mol. The molecule has 0 saturated heterocycles. The van der Waals surface area contributed by atoms with E-state index in [9.17, 15) is 4.79 Å². The molecule has 0 bridgehead atoms. The van der Waals surface area contributed by atoms with Gasteiger partial charge in [-0.25, -0.2) is 0 Å². The SMILES string of the molecule is CCCN1CC2=C(C1=O)c1ccccc1OC2. The first-order valence-corrected chi connectivity index (χ1v) is 6.04. The van der Waals surface area contributed by atoms with Gasteiger partial charge in [0.1, 0.15) is 12.4 Å². The molecule has 0 aromatic heterocycles. The third kappa shape index (κ3) is 1.54. The molecule has 2 aliphatic rings. The summed E-state index contributed by atoms with van der Waals surface area (Å²) in [4.78, 5) is 14.2. The Morgan fingerprint density at radius 2 is 2.18 bits per heavy atom. The Kier molecular flexibility index (Phi) is 2.39. The van der Waals surface area contributed by atoms with Crippen molar-refractivity contribution < 1.29 is 9.53 Å². The summed E-state index contributed by atoms with van der Waals surface area (Å²) in [6, 6.07) is 7.79. The van der Waals surface area contributed by atoms with Crippen LogP contribution < -0.4 is 4.74 Å². The molecule has 17 heavy (non-hydrogen) atoms. The fourth-order valence-electron chi connectivity index (χ4n) is 2.53. The van der Waals surface area contributed by atoms with Crippen LogP contribution in [0, 0.1) is 0 Å². The number of nitrogens with zero attached hydrogens (tertiary/aromatic N) is 1. The zero-order valence-corrected chi connectivity index (χ0v) is 9.90. The molecule has 2 aliphatic heterocycles. The highest BCUT2D eigenvalue weighted by Crippen LogP contribution is 2.37. The number of fused-ring (bicyclic) bond motifs is 2. The molecule has 1 aromatic carbocycles. The van der Waals surface area contributed by atoms with Gasteiger partial charge >= 0.3 is 0 Å². The van der Waals surface area contributed by atoms with Crippen molar-refractivity contribution in [1.82, 2.24) is 4.90 Å². The Balaban J connectivity index is 2.01. The number of para-hydroxylation sites is 1. The van der Waals surface area contributed by atoms with Gasteiger partial charge in [-0.1, -0.05) is 25.1 Å². The fraction of sp³-hybridized carbons (Fsp3) is 0.357. The van der Waals surface area contributed by atoms with Crippen molar-refractivity contribution in [2.24, 2.45) is 0 Å². The van der Waals surface area contributed by atoms with Crippen LogP contribution >= 0.6 is 0 Å². The van der Waals surface area contributed by atoms with Gasteiger partial charge in [-0.15, -0.1) is 0 Å². The lowest BCUT2D eigenvalue weighted by molar-refractivity contribution is -0.123. The summed E-state index contributed by atoms with van der Waals surface area (Å²) in [6.07, 6.45) is 0.995. The number of carbonyl (C=O) groups excluding carboxylic acids is 1. The van der Waals surface area contributed by atoms with Crippen molar-refractivity contribution in [3.8, 4) is 5.75 Å². The molecule has 88 valence electrons. The zero-order chi connectivity index (χ0) is 11.8. The maximum atomic E-state index is 12.3. The maximum Gasteiger partial charge on any atom is 0.255 e. The smallest absolute Gasteiger partial charge is 0.255 e. The zero-order valence-electron chi connectivity index (χ0n) is 9.90. The first kappa shape index (κ1) is 10.4. The van der Waals surface area contributed by atoms with E-state index >= 15 is 0 Å². The number of rotatable bonds is 2. The number of amides is 1. The molecule has 2 heterocycles. The quantitative estimate of drug-likeness (QED) is 0.777. The number of ether oxygens (including phenoxy) is 1. The van der Waals surface area contributed by atoms with E-state index in [4.69, 9.17) is 4.74 Å². The van der Waals surface area contributed by atoms with Crippen LogP contribution in [-0.2, 0) is 4.79 Å². The molecule has 1 aromatic rings. The van der Waals surface area contributed by atoms with E-state index in [-0.39, 0.29) is 5.91 Å². The number of carbonyl (C=O) groups is 1. The molecule has 0 N–H and O–H groups in total. The van der Waals surface area contributed by atoms with Gasteiger partial charge in [-0.05, 0) is 18.1 Å². The van der Waals surface area contributed by atoms with Crippen LogP contribution in [0.5, 0.6) is 5.75 Å². The average Bonchev–Trinajstić information content (AvgIpc) is 2.67. The van der Waals surface area contributed by atoms with E-state index in [1.54, 1.807) is 0 Å².